The summed E-state index contributed by atoms with van der Waals surface area (Å²) in [6, 6.07) is 8.85. The molecule has 1 aliphatic carbocycles. The number of hydrogen-bond donors (Lipinski definition) is 0. The monoisotopic (exact) mass is 266 g/mol. The van der Waals surface area contributed by atoms with E-state index in [0.717, 1.165) is 18.4 Å². The van der Waals surface area contributed by atoms with E-state index in [1.54, 1.807) is 0 Å². The van der Waals surface area contributed by atoms with Crippen LogP contribution in [-0.2, 0) is 6.42 Å². The second-order valence-corrected chi connectivity index (χ2v) is 6.48. The number of carbonyl (C=O) groups is 1. The van der Waals surface area contributed by atoms with Crippen molar-refractivity contribution in [3.63, 3.8) is 0 Å². The third-order valence-corrected chi connectivity index (χ3v) is 4.69. The number of benzene rings is 2. The lowest BCUT2D eigenvalue weighted by Gasteiger charge is -2.23. The molecule has 2 aromatic carbocycles. The Balaban J connectivity index is 2.29. The van der Waals surface area contributed by atoms with E-state index >= 15 is 0 Å². The number of hydrogen-bond acceptors (Lipinski definition) is 1. The number of fused-ring (bicyclic) bond motifs is 3. The van der Waals surface area contributed by atoms with Gasteiger partial charge in [0.25, 0.3) is 0 Å². The maximum absolute atomic E-state index is 12.4. The average molecular weight is 266 g/mol. The summed E-state index contributed by atoms with van der Waals surface area (Å²) in [7, 11) is 0. The van der Waals surface area contributed by atoms with Crippen molar-refractivity contribution in [2.45, 2.75) is 46.5 Å². The highest BCUT2D eigenvalue weighted by molar-refractivity contribution is 6.05. The largest absolute Gasteiger partial charge is 0.294 e. The molecule has 104 valence electrons. The van der Waals surface area contributed by atoms with Crippen LogP contribution in [0.2, 0.25) is 0 Å². The highest BCUT2D eigenvalue weighted by Gasteiger charge is 2.25. The first-order valence-electron chi connectivity index (χ1n) is 7.59. The molecule has 0 bridgehead atoms. The molecule has 0 amide bonds. The van der Waals surface area contributed by atoms with E-state index in [0.29, 0.717) is 11.7 Å². The van der Waals surface area contributed by atoms with Crippen LogP contribution in [0.4, 0.5) is 0 Å². The molecule has 0 heterocycles. The van der Waals surface area contributed by atoms with Crippen molar-refractivity contribution in [1.82, 2.24) is 0 Å². The smallest absolute Gasteiger partial charge is 0.165 e. The van der Waals surface area contributed by atoms with Crippen LogP contribution in [0.15, 0.2) is 24.3 Å². The third kappa shape index (κ3) is 1.96. The van der Waals surface area contributed by atoms with Crippen molar-refractivity contribution in [2.75, 3.05) is 0 Å². The molecule has 0 fully saturated rings. The first-order valence-corrected chi connectivity index (χ1v) is 7.59. The fourth-order valence-corrected chi connectivity index (χ4v) is 3.28. The molecule has 1 heteroatoms. The lowest BCUT2D eigenvalue weighted by Crippen LogP contribution is -2.20. The Kier molecular flexibility index (Phi) is 3.16. The summed E-state index contributed by atoms with van der Waals surface area (Å²) < 4.78 is 0. The van der Waals surface area contributed by atoms with Crippen molar-refractivity contribution in [2.24, 2.45) is 5.92 Å². The van der Waals surface area contributed by atoms with E-state index in [9.17, 15) is 4.79 Å². The maximum Gasteiger partial charge on any atom is 0.165 e. The topological polar surface area (TPSA) is 17.1 Å². The maximum atomic E-state index is 12.4. The lowest BCUT2D eigenvalue weighted by molar-refractivity contribution is 0.0914. The fraction of sp³-hybridized carbons (Fsp3) is 0.421. The third-order valence-electron chi connectivity index (χ3n) is 4.69. The van der Waals surface area contributed by atoms with Crippen LogP contribution < -0.4 is 0 Å². The zero-order valence-electron chi connectivity index (χ0n) is 12.8. The number of ketones is 1. The summed E-state index contributed by atoms with van der Waals surface area (Å²) >= 11 is 0. The van der Waals surface area contributed by atoms with Crippen molar-refractivity contribution in [3.8, 4) is 0 Å². The Bertz CT molecular complexity index is 694. The van der Waals surface area contributed by atoms with E-state index in [-0.39, 0.29) is 5.92 Å². The Labute approximate surface area is 121 Å². The quantitative estimate of drug-likeness (QED) is 0.707. The second kappa shape index (κ2) is 4.73. The van der Waals surface area contributed by atoms with E-state index in [2.05, 4.69) is 45.0 Å². The van der Waals surface area contributed by atoms with Crippen molar-refractivity contribution in [3.05, 3.63) is 46.5 Å². The average Bonchev–Trinajstić information content (AvgIpc) is 2.43. The Morgan fingerprint density at radius 3 is 2.60 bits per heavy atom. The Hall–Kier alpha value is -1.63. The lowest BCUT2D eigenvalue weighted by atomic mass is 9.80. The predicted octanol–water partition coefficient (Wildman–Crippen LogP) is 5.04. The highest BCUT2D eigenvalue weighted by atomic mass is 16.1. The van der Waals surface area contributed by atoms with E-state index < -0.39 is 0 Å². The van der Waals surface area contributed by atoms with Gasteiger partial charge in [0.2, 0.25) is 0 Å². The standard InChI is InChI=1S/C19H22O/c1-11(2)14-6-8-15-16-7-5-12(3)19(20)18(16)9-13(4)17(15)10-14/h6,8-12H,5,7H2,1-4H3. The first kappa shape index (κ1) is 13.4. The molecule has 1 unspecified atom stereocenters. The Morgan fingerprint density at radius 1 is 1.15 bits per heavy atom. The van der Waals surface area contributed by atoms with Gasteiger partial charge in [-0.15, -0.1) is 0 Å². The summed E-state index contributed by atoms with van der Waals surface area (Å²) in [5.41, 5.74) is 4.83. The zero-order chi connectivity index (χ0) is 14.4. The molecule has 1 atom stereocenters. The number of Topliss-reactive ketones (excluding diaryl/α,β-unsaturated/α-hetero) is 1. The normalized spacial score (nSPS) is 18.6. The van der Waals surface area contributed by atoms with Gasteiger partial charge >= 0.3 is 0 Å². The molecule has 1 nitrogen and oxygen atoms in total. The molecule has 3 rings (SSSR count). The minimum atomic E-state index is 0.175. The van der Waals surface area contributed by atoms with Crippen molar-refractivity contribution in [1.29, 1.82) is 0 Å². The van der Waals surface area contributed by atoms with Gasteiger partial charge < -0.3 is 0 Å². The van der Waals surface area contributed by atoms with E-state index in [4.69, 9.17) is 0 Å². The van der Waals surface area contributed by atoms with Gasteiger partial charge in [-0.3, -0.25) is 4.79 Å². The first-order chi connectivity index (χ1) is 9.49. The molecule has 0 N–H and O–H groups in total. The summed E-state index contributed by atoms with van der Waals surface area (Å²) in [5.74, 6) is 1.04. The SMILES string of the molecule is Cc1cc2c(c3ccc(C(C)C)cc13)CCC(C)C2=O. The molecule has 0 saturated carbocycles. The van der Waals surface area contributed by atoms with Gasteiger partial charge in [0.1, 0.15) is 0 Å². The molecule has 20 heavy (non-hydrogen) atoms. The Morgan fingerprint density at radius 2 is 1.90 bits per heavy atom. The fourth-order valence-electron chi connectivity index (χ4n) is 3.28. The molecule has 1 aliphatic rings. The van der Waals surface area contributed by atoms with Crippen LogP contribution in [0.1, 0.15) is 60.2 Å². The summed E-state index contributed by atoms with van der Waals surface area (Å²) in [4.78, 5) is 12.4. The molecule has 0 radical (unpaired) electrons. The van der Waals surface area contributed by atoms with Gasteiger partial charge in [0, 0.05) is 11.5 Å². The van der Waals surface area contributed by atoms with Crippen LogP contribution in [0.5, 0.6) is 0 Å². The zero-order valence-corrected chi connectivity index (χ0v) is 12.8. The van der Waals surface area contributed by atoms with Crippen molar-refractivity contribution < 1.29 is 4.79 Å². The molecular weight excluding hydrogens is 244 g/mol. The summed E-state index contributed by atoms with van der Waals surface area (Å²) in [5, 5.41) is 2.60. The van der Waals surface area contributed by atoms with Gasteiger partial charge in [0.05, 0.1) is 0 Å². The second-order valence-electron chi connectivity index (χ2n) is 6.48. The molecule has 2 aromatic rings. The van der Waals surface area contributed by atoms with Crippen molar-refractivity contribution >= 4 is 16.6 Å². The van der Waals surface area contributed by atoms with E-state index in [1.165, 1.54) is 27.5 Å². The molecular formula is C19H22O. The number of aryl methyl sites for hydroxylation is 2. The molecule has 0 saturated heterocycles. The summed E-state index contributed by atoms with van der Waals surface area (Å²) in [6.45, 7) is 8.62. The van der Waals surface area contributed by atoms with Crippen LogP contribution in [0.3, 0.4) is 0 Å². The van der Waals surface area contributed by atoms with Crippen LogP contribution in [-0.4, -0.2) is 5.78 Å². The predicted molar refractivity (Wildman–Crippen MR) is 84.6 cm³/mol. The van der Waals surface area contributed by atoms with Gasteiger partial charge in [-0.1, -0.05) is 39.0 Å². The minimum absolute atomic E-state index is 0.175. The van der Waals surface area contributed by atoms with Gasteiger partial charge in [0.15, 0.2) is 5.78 Å². The van der Waals surface area contributed by atoms with Crippen LogP contribution >= 0.6 is 0 Å². The highest BCUT2D eigenvalue weighted by Crippen LogP contribution is 2.34. The van der Waals surface area contributed by atoms with Gasteiger partial charge in [-0.25, -0.2) is 0 Å². The molecule has 0 spiro atoms. The van der Waals surface area contributed by atoms with Crippen LogP contribution in [0.25, 0.3) is 10.8 Å². The molecule has 0 aromatic heterocycles. The van der Waals surface area contributed by atoms with Gasteiger partial charge in [-0.05, 0) is 59.2 Å². The number of carbonyl (C=O) groups excluding carboxylic acids is 1. The van der Waals surface area contributed by atoms with Gasteiger partial charge in [-0.2, -0.15) is 0 Å². The summed E-state index contributed by atoms with van der Waals surface area (Å²) in [6.07, 6.45) is 2.01. The minimum Gasteiger partial charge on any atom is -0.294 e. The van der Waals surface area contributed by atoms with E-state index in [1.807, 2.05) is 6.92 Å². The van der Waals surface area contributed by atoms with Crippen LogP contribution in [0, 0.1) is 12.8 Å². The molecule has 0 aliphatic heterocycles. The number of rotatable bonds is 1.